The molecule has 2 aliphatic rings. The minimum atomic E-state index is -0.119. The first kappa shape index (κ1) is 16.1. The van der Waals surface area contributed by atoms with Crippen molar-refractivity contribution in [1.82, 2.24) is 20.2 Å². The number of piperidine rings is 1. The average Bonchev–Trinajstić information content (AvgIpc) is 3.25. The highest BCUT2D eigenvalue weighted by Crippen LogP contribution is 2.27. The SMILES string of the molecule is O=C1C[C@H]2CCN(C(=O)c3ccc(CSc4ncccn4)o3)C[C@H]2N1. The third-order valence-electron chi connectivity index (χ3n) is 4.60. The van der Waals surface area contributed by atoms with E-state index in [0.717, 1.165) is 6.42 Å². The molecule has 0 bridgehead atoms. The van der Waals surface area contributed by atoms with Gasteiger partial charge in [-0.15, -0.1) is 0 Å². The molecule has 0 saturated carbocycles. The highest BCUT2D eigenvalue weighted by atomic mass is 32.2. The van der Waals surface area contributed by atoms with Gasteiger partial charge in [0.05, 0.1) is 5.75 Å². The van der Waals surface area contributed by atoms with Crippen molar-refractivity contribution in [3.8, 4) is 0 Å². The Kier molecular flexibility index (Phi) is 4.44. The smallest absolute Gasteiger partial charge is 0.289 e. The number of hydrogen-bond acceptors (Lipinski definition) is 6. The maximum Gasteiger partial charge on any atom is 0.289 e. The molecule has 0 radical (unpaired) electrons. The van der Waals surface area contributed by atoms with E-state index in [1.165, 1.54) is 11.8 Å². The number of carbonyl (C=O) groups excluding carboxylic acids is 2. The van der Waals surface area contributed by atoms with E-state index >= 15 is 0 Å². The summed E-state index contributed by atoms with van der Waals surface area (Å²) >= 11 is 1.46. The van der Waals surface area contributed by atoms with E-state index in [2.05, 4.69) is 15.3 Å². The topological polar surface area (TPSA) is 88.3 Å². The molecule has 2 fully saturated rings. The highest BCUT2D eigenvalue weighted by molar-refractivity contribution is 7.98. The lowest BCUT2D eigenvalue weighted by Gasteiger charge is -2.33. The number of carbonyl (C=O) groups is 2. The van der Waals surface area contributed by atoms with Gasteiger partial charge in [0, 0.05) is 37.9 Å². The second-order valence-corrected chi connectivity index (χ2v) is 7.21. The minimum Gasteiger partial charge on any atom is -0.455 e. The first-order valence-corrected chi connectivity index (χ1v) is 9.25. The maximum absolute atomic E-state index is 12.6. The lowest BCUT2D eigenvalue weighted by molar-refractivity contribution is -0.119. The Labute approximate surface area is 149 Å². The number of amides is 2. The molecule has 1 N–H and O–H groups in total. The molecular formula is C17H18N4O3S. The molecule has 4 heterocycles. The van der Waals surface area contributed by atoms with Gasteiger partial charge in [-0.05, 0) is 30.5 Å². The second-order valence-electron chi connectivity index (χ2n) is 6.26. The van der Waals surface area contributed by atoms with Gasteiger partial charge in [0.15, 0.2) is 10.9 Å². The van der Waals surface area contributed by atoms with Gasteiger partial charge in [-0.3, -0.25) is 9.59 Å². The van der Waals surface area contributed by atoms with E-state index in [-0.39, 0.29) is 17.9 Å². The normalized spacial score (nSPS) is 22.6. The Bertz CT molecular complexity index is 779. The zero-order chi connectivity index (χ0) is 17.2. The molecule has 2 atom stereocenters. The van der Waals surface area contributed by atoms with E-state index < -0.39 is 0 Å². The van der Waals surface area contributed by atoms with Gasteiger partial charge < -0.3 is 14.6 Å². The Morgan fingerprint density at radius 2 is 2.20 bits per heavy atom. The number of rotatable bonds is 4. The molecule has 2 aromatic rings. The van der Waals surface area contributed by atoms with E-state index in [0.29, 0.717) is 47.9 Å². The van der Waals surface area contributed by atoms with E-state index in [9.17, 15) is 9.59 Å². The Balaban J connectivity index is 1.36. The van der Waals surface area contributed by atoms with Crippen molar-refractivity contribution in [3.63, 3.8) is 0 Å². The lowest BCUT2D eigenvalue weighted by Crippen LogP contribution is -2.49. The summed E-state index contributed by atoms with van der Waals surface area (Å²) in [6.45, 7) is 1.22. The fourth-order valence-corrected chi connectivity index (χ4v) is 4.02. The van der Waals surface area contributed by atoms with Crippen LogP contribution in [0.1, 0.15) is 29.2 Å². The number of thioether (sulfide) groups is 1. The van der Waals surface area contributed by atoms with E-state index in [4.69, 9.17) is 4.42 Å². The van der Waals surface area contributed by atoms with Crippen molar-refractivity contribution in [1.29, 1.82) is 0 Å². The standard InChI is InChI=1S/C17H18N4O3S/c22-15-8-11-4-7-21(9-13(11)20-15)16(23)14-3-2-12(24-14)10-25-17-18-5-1-6-19-17/h1-3,5-6,11,13H,4,7-10H2,(H,20,22)/t11-,13-/m1/s1. The van der Waals surface area contributed by atoms with Crippen LogP contribution in [-0.2, 0) is 10.5 Å². The first-order valence-electron chi connectivity index (χ1n) is 8.26. The quantitative estimate of drug-likeness (QED) is 0.661. The molecular weight excluding hydrogens is 340 g/mol. The van der Waals surface area contributed by atoms with Gasteiger partial charge >= 0.3 is 0 Å². The summed E-state index contributed by atoms with van der Waals surface area (Å²) in [6, 6.07) is 5.37. The third kappa shape index (κ3) is 3.53. The third-order valence-corrected chi connectivity index (χ3v) is 5.49. The molecule has 2 aromatic heterocycles. The predicted molar refractivity (Wildman–Crippen MR) is 90.9 cm³/mol. The van der Waals surface area contributed by atoms with Crippen LogP contribution < -0.4 is 5.32 Å². The van der Waals surface area contributed by atoms with Gasteiger partial charge in [-0.2, -0.15) is 0 Å². The number of hydrogen-bond donors (Lipinski definition) is 1. The largest absolute Gasteiger partial charge is 0.455 e. The van der Waals surface area contributed by atoms with Crippen molar-refractivity contribution in [2.75, 3.05) is 13.1 Å². The maximum atomic E-state index is 12.6. The molecule has 2 aliphatic heterocycles. The number of furan rings is 1. The number of fused-ring (bicyclic) bond motifs is 1. The van der Waals surface area contributed by atoms with Gasteiger partial charge in [0.25, 0.3) is 5.91 Å². The van der Waals surface area contributed by atoms with E-state index in [1.54, 1.807) is 29.4 Å². The lowest BCUT2D eigenvalue weighted by atomic mass is 9.92. The van der Waals surface area contributed by atoms with Crippen LogP contribution in [0, 0.1) is 5.92 Å². The van der Waals surface area contributed by atoms with Crippen molar-refractivity contribution >= 4 is 23.6 Å². The summed E-state index contributed by atoms with van der Waals surface area (Å²) in [7, 11) is 0. The van der Waals surface area contributed by atoms with Crippen molar-refractivity contribution < 1.29 is 14.0 Å². The van der Waals surface area contributed by atoms with Crippen molar-refractivity contribution in [2.45, 2.75) is 29.8 Å². The van der Waals surface area contributed by atoms with Gasteiger partial charge in [0.1, 0.15) is 5.76 Å². The summed E-state index contributed by atoms with van der Waals surface area (Å²) in [4.78, 5) is 34.2. The van der Waals surface area contributed by atoms with E-state index in [1.807, 2.05) is 6.07 Å². The highest BCUT2D eigenvalue weighted by Gasteiger charge is 2.38. The van der Waals surface area contributed by atoms with Crippen LogP contribution in [0.3, 0.4) is 0 Å². The first-order chi connectivity index (χ1) is 12.2. The van der Waals surface area contributed by atoms with Gasteiger partial charge in [-0.1, -0.05) is 11.8 Å². The summed E-state index contributed by atoms with van der Waals surface area (Å²) in [5.41, 5.74) is 0. The monoisotopic (exact) mass is 358 g/mol. The van der Waals surface area contributed by atoms with Crippen LogP contribution in [0.5, 0.6) is 0 Å². The molecule has 2 amide bonds. The van der Waals surface area contributed by atoms with Crippen LogP contribution in [0.25, 0.3) is 0 Å². The van der Waals surface area contributed by atoms with Crippen molar-refractivity contribution in [3.05, 3.63) is 42.1 Å². The van der Waals surface area contributed by atoms with Crippen LogP contribution >= 0.6 is 11.8 Å². The molecule has 4 rings (SSSR count). The average molecular weight is 358 g/mol. The molecule has 0 unspecified atom stereocenters. The minimum absolute atomic E-state index is 0.0745. The molecule has 0 spiro atoms. The molecule has 8 heteroatoms. The van der Waals surface area contributed by atoms with Crippen LogP contribution in [0.4, 0.5) is 0 Å². The van der Waals surface area contributed by atoms with Crippen LogP contribution in [0.15, 0.2) is 40.2 Å². The fourth-order valence-electron chi connectivity index (χ4n) is 3.32. The zero-order valence-corrected chi connectivity index (χ0v) is 14.4. The van der Waals surface area contributed by atoms with Gasteiger partial charge in [-0.25, -0.2) is 9.97 Å². The summed E-state index contributed by atoms with van der Waals surface area (Å²) in [6.07, 6.45) is 4.82. The Morgan fingerprint density at radius 3 is 3.04 bits per heavy atom. The zero-order valence-electron chi connectivity index (χ0n) is 13.6. The molecule has 0 aromatic carbocycles. The summed E-state index contributed by atoms with van der Waals surface area (Å²) in [5.74, 6) is 1.94. The number of aromatic nitrogens is 2. The number of nitrogens with one attached hydrogen (secondary N) is 1. The second kappa shape index (κ2) is 6.87. The number of likely N-dealkylation sites (tertiary alicyclic amines) is 1. The van der Waals surface area contributed by atoms with Crippen LogP contribution in [0.2, 0.25) is 0 Å². The Hall–Kier alpha value is -2.35. The molecule has 25 heavy (non-hydrogen) atoms. The van der Waals surface area contributed by atoms with Gasteiger partial charge in [0.2, 0.25) is 5.91 Å². The van der Waals surface area contributed by atoms with Crippen LogP contribution in [-0.4, -0.2) is 45.8 Å². The molecule has 2 saturated heterocycles. The fraction of sp³-hybridized carbons (Fsp3) is 0.412. The molecule has 7 nitrogen and oxygen atoms in total. The van der Waals surface area contributed by atoms with Crippen molar-refractivity contribution in [2.24, 2.45) is 5.92 Å². The summed E-state index contributed by atoms with van der Waals surface area (Å²) < 4.78 is 5.70. The molecule has 130 valence electrons. The predicted octanol–water partition coefficient (Wildman–Crippen LogP) is 1.71. The summed E-state index contributed by atoms with van der Waals surface area (Å²) in [5, 5.41) is 3.63. The number of nitrogens with zero attached hydrogens (tertiary/aromatic N) is 3. The Morgan fingerprint density at radius 1 is 1.36 bits per heavy atom. The molecule has 0 aliphatic carbocycles.